The summed E-state index contributed by atoms with van der Waals surface area (Å²) in [6.07, 6.45) is 2.55. The van der Waals surface area contributed by atoms with Gasteiger partial charge in [0.1, 0.15) is 23.8 Å². The van der Waals surface area contributed by atoms with Gasteiger partial charge in [-0.25, -0.2) is 5.43 Å². The first kappa shape index (κ1) is 21.6. The number of benzene rings is 2. The number of quaternary nitrogens is 1. The van der Waals surface area contributed by atoms with Gasteiger partial charge in [0.15, 0.2) is 0 Å². The summed E-state index contributed by atoms with van der Waals surface area (Å²) >= 11 is 0. The van der Waals surface area contributed by atoms with Crippen LogP contribution in [0.2, 0.25) is 0 Å². The standard InChI is InChI=1S/C23H29N3O4/c1-16(24-25-23(27)18-12-20(28-2)14-21(13-18)29-3)17-7-8-22(30-4)19(11-17)15-26-9-5-6-10-26/h7-8,11-14H,5-6,9-10,15H2,1-4H3,(H,25,27)/p+1/b24-16-. The molecule has 0 saturated carbocycles. The molecule has 0 bridgehead atoms. The molecule has 0 atom stereocenters. The van der Waals surface area contributed by atoms with E-state index in [9.17, 15) is 4.79 Å². The van der Waals surface area contributed by atoms with Crippen LogP contribution in [0.15, 0.2) is 41.5 Å². The first-order valence-electron chi connectivity index (χ1n) is 10.1. The van der Waals surface area contributed by atoms with E-state index in [1.807, 2.05) is 19.1 Å². The lowest BCUT2D eigenvalue weighted by atomic mass is 10.1. The number of carbonyl (C=O) groups is 1. The molecule has 7 heteroatoms. The van der Waals surface area contributed by atoms with Crippen molar-refractivity contribution in [2.45, 2.75) is 26.3 Å². The third kappa shape index (κ3) is 5.30. The molecule has 2 aromatic rings. The Balaban J connectivity index is 1.75. The van der Waals surface area contributed by atoms with Crippen LogP contribution >= 0.6 is 0 Å². The molecular weight excluding hydrogens is 382 g/mol. The molecule has 0 spiro atoms. The number of methoxy groups -OCH3 is 3. The maximum absolute atomic E-state index is 12.6. The third-order valence-corrected chi connectivity index (χ3v) is 5.39. The van der Waals surface area contributed by atoms with Crippen molar-refractivity contribution < 1.29 is 23.9 Å². The van der Waals surface area contributed by atoms with Crippen LogP contribution in [-0.2, 0) is 6.54 Å². The van der Waals surface area contributed by atoms with Crippen molar-refractivity contribution in [2.75, 3.05) is 34.4 Å². The lowest BCUT2D eigenvalue weighted by molar-refractivity contribution is -0.901. The van der Waals surface area contributed by atoms with Crippen LogP contribution in [0, 0.1) is 0 Å². The molecular formula is C23H30N3O4+. The van der Waals surface area contributed by atoms with Crippen LogP contribution in [0.4, 0.5) is 0 Å². The fourth-order valence-corrected chi connectivity index (χ4v) is 3.67. The van der Waals surface area contributed by atoms with Crippen LogP contribution < -0.4 is 24.5 Å². The molecule has 0 unspecified atom stereocenters. The number of likely N-dealkylation sites (tertiary alicyclic amines) is 1. The van der Waals surface area contributed by atoms with Crippen LogP contribution in [0.25, 0.3) is 0 Å². The van der Waals surface area contributed by atoms with Gasteiger partial charge >= 0.3 is 0 Å². The molecule has 1 aliphatic heterocycles. The smallest absolute Gasteiger partial charge is 0.271 e. The summed E-state index contributed by atoms with van der Waals surface area (Å²) < 4.78 is 16.0. The molecule has 160 valence electrons. The van der Waals surface area contributed by atoms with E-state index in [-0.39, 0.29) is 5.91 Å². The number of hydrogen-bond donors (Lipinski definition) is 2. The molecule has 3 rings (SSSR count). The number of carbonyl (C=O) groups excluding carboxylic acids is 1. The lowest BCUT2D eigenvalue weighted by Crippen LogP contribution is -3.08. The Labute approximate surface area is 177 Å². The van der Waals surface area contributed by atoms with Crippen LogP contribution in [0.3, 0.4) is 0 Å². The molecule has 1 fully saturated rings. The van der Waals surface area contributed by atoms with Gasteiger partial charge in [-0.05, 0) is 42.8 Å². The second kappa shape index (κ2) is 10.1. The van der Waals surface area contributed by atoms with Crippen molar-refractivity contribution in [2.24, 2.45) is 5.10 Å². The minimum Gasteiger partial charge on any atom is -0.497 e. The Morgan fingerprint density at radius 2 is 1.63 bits per heavy atom. The predicted octanol–water partition coefficient (Wildman–Crippen LogP) is 2.05. The number of amides is 1. The second-order valence-corrected chi connectivity index (χ2v) is 7.40. The molecule has 1 saturated heterocycles. The van der Waals surface area contributed by atoms with Crippen molar-refractivity contribution in [3.8, 4) is 17.2 Å². The number of rotatable bonds is 8. The highest BCUT2D eigenvalue weighted by atomic mass is 16.5. The highest BCUT2D eigenvalue weighted by Gasteiger charge is 2.18. The van der Waals surface area contributed by atoms with Crippen LogP contribution in [0.5, 0.6) is 17.2 Å². The minimum atomic E-state index is -0.332. The normalized spacial score (nSPS) is 14.5. The second-order valence-electron chi connectivity index (χ2n) is 7.40. The Morgan fingerprint density at radius 1 is 0.967 bits per heavy atom. The highest BCUT2D eigenvalue weighted by Crippen LogP contribution is 2.23. The fraction of sp³-hybridized carbons (Fsp3) is 0.391. The van der Waals surface area contributed by atoms with E-state index in [4.69, 9.17) is 14.2 Å². The van der Waals surface area contributed by atoms with Crippen molar-refractivity contribution in [3.05, 3.63) is 53.1 Å². The van der Waals surface area contributed by atoms with E-state index in [2.05, 4.69) is 16.6 Å². The topological polar surface area (TPSA) is 73.6 Å². The molecule has 2 aromatic carbocycles. The number of hydrogen-bond acceptors (Lipinski definition) is 5. The monoisotopic (exact) mass is 412 g/mol. The van der Waals surface area contributed by atoms with Gasteiger partial charge < -0.3 is 19.1 Å². The van der Waals surface area contributed by atoms with Gasteiger partial charge in [-0.1, -0.05) is 0 Å². The number of nitrogens with zero attached hydrogens (tertiary/aromatic N) is 1. The first-order chi connectivity index (χ1) is 14.5. The molecule has 7 nitrogen and oxygen atoms in total. The summed E-state index contributed by atoms with van der Waals surface area (Å²) in [4.78, 5) is 14.1. The summed E-state index contributed by atoms with van der Waals surface area (Å²) in [7, 11) is 4.79. The van der Waals surface area contributed by atoms with E-state index in [1.165, 1.54) is 25.9 Å². The Morgan fingerprint density at radius 3 is 2.23 bits per heavy atom. The van der Waals surface area contributed by atoms with Gasteiger partial charge in [0.05, 0.1) is 40.1 Å². The van der Waals surface area contributed by atoms with Crippen molar-refractivity contribution in [3.63, 3.8) is 0 Å². The number of hydrazone groups is 1. The van der Waals surface area contributed by atoms with E-state index < -0.39 is 0 Å². The average molecular weight is 413 g/mol. The quantitative estimate of drug-likeness (QED) is 0.514. The van der Waals surface area contributed by atoms with Gasteiger partial charge in [-0.2, -0.15) is 5.10 Å². The Hall–Kier alpha value is -3.06. The summed E-state index contributed by atoms with van der Waals surface area (Å²) in [6, 6.07) is 11.0. The summed E-state index contributed by atoms with van der Waals surface area (Å²) in [5, 5.41) is 4.30. The lowest BCUT2D eigenvalue weighted by Gasteiger charge is -2.15. The largest absolute Gasteiger partial charge is 0.497 e. The fourth-order valence-electron chi connectivity index (χ4n) is 3.67. The molecule has 30 heavy (non-hydrogen) atoms. The Bertz CT molecular complexity index is 898. The first-order valence-corrected chi connectivity index (χ1v) is 10.1. The zero-order valence-corrected chi connectivity index (χ0v) is 18.1. The van der Waals surface area contributed by atoms with Gasteiger partial charge in [-0.3, -0.25) is 4.79 Å². The zero-order valence-electron chi connectivity index (χ0n) is 18.1. The van der Waals surface area contributed by atoms with Gasteiger partial charge in [-0.15, -0.1) is 0 Å². The molecule has 1 aliphatic rings. The molecule has 2 N–H and O–H groups in total. The number of nitrogens with one attached hydrogen (secondary N) is 2. The minimum absolute atomic E-state index is 0.332. The molecule has 1 amide bonds. The van der Waals surface area contributed by atoms with Crippen molar-refractivity contribution in [1.82, 2.24) is 5.43 Å². The Kier molecular flexibility index (Phi) is 7.30. The summed E-state index contributed by atoms with van der Waals surface area (Å²) in [5.41, 5.74) is 5.87. The van der Waals surface area contributed by atoms with Crippen LogP contribution in [0.1, 0.15) is 41.3 Å². The van der Waals surface area contributed by atoms with E-state index in [0.717, 1.165) is 29.1 Å². The SMILES string of the molecule is COc1cc(OC)cc(C(=O)N/N=C(/C)c2ccc(OC)c(C[NH+]3CCCC3)c2)c1. The highest BCUT2D eigenvalue weighted by molar-refractivity contribution is 6.01. The maximum atomic E-state index is 12.6. The summed E-state index contributed by atoms with van der Waals surface area (Å²) in [6.45, 7) is 5.20. The van der Waals surface area contributed by atoms with Crippen molar-refractivity contribution in [1.29, 1.82) is 0 Å². The van der Waals surface area contributed by atoms with Gasteiger partial charge in [0.25, 0.3) is 5.91 Å². The number of ether oxygens (including phenoxy) is 3. The van der Waals surface area contributed by atoms with Gasteiger partial charge in [0.2, 0.25) is 0 Å². The van der Waals surface area contributed by atoms with E-state index >= 15 is 0 Å². The molecule has 1 heterocycles. The molecule has 0 radical (unpaired) electrons. The van der Waals surface area contributed by atoms with E-state index in [0.29, 0.717) is 17.1 Å². The van der Waals surface area contributed by atoms with Crippen LogP contribution in [-0.4, -0.2) is 46.0 Å². The third-order valence-electron chi connectivity index (χ3n) is 5.39. The predicted molar refractivity (Wildman–Crippen MR) is 116 cm³/mol. The summed E-state index contributed by atoms with van der Waals surface area (Å²) in [5.74, 6) is 1.65. The van der Waals surface area contributed by atoms with Crippen molar-refractivity contribution >= 4 is 11.6 Å². The molecule has 0 aliphatic carbocycles. The zero-order chi connectivity index (χ0) is 21.5. The van der Waals surface area contributed by atoms with E-state index in [1.54, 1.807) is 44.4 Å². The maximum Gasteiger partial charge on any atom is 0.271 e. The van der Waals surface area contributed by atoms with Gasteiger partial charge in [0, 0.05) is 30.0 Å². The molecule has 0 aromatic heterocycles. The average Bonchev–Trinajstić information content (AvgIpc) is 3.29.